The molecule has 62 valence electrons. The Balaban J connectivity index is 1.68. The van der Waals surface area contributed by atoms with Crippen molar-refractivity contribution >= 4 is 0 Å². The maximum atomic E-state index is 2.65. The molecule has 3 rings (SSSR count). The Bertz CT molecular complexity index is 179. The molecule has 3 aliphatic rings. The minimum Gasteiger partial charge on any atom is -0.300 e. The Morgan fingerprint density at radius 2 is 1.73 bits per heavy atom. The van der Waals surface area contributed by atoms with Crippen molar-refractivity contribution in [1.29, 1.82) is 0 Å². The molecule has 1 saturated heterocycles. The molecule has 0 radical (unpaired) electrons. The van der Waals surface area contributed by atoms with Crippen LogP contribution in [0.25, 0.3) is 0 Å². The van der Waals surface area contributed by atoms with E-state index in [0.29, 0.717) is 0 Å². The lowest BCUT2D eigenvalue weighted by atomic mass is 10.2. The monoisotopic (exact) mass is 151 g/mol. The summed E-state index contributed by atoms with van der Waals surface area (Å²) in [7, 11) is 0. The van der Waals surface area contributed by atoms with Gasteiger partial charge in [0.2, 0.25) is 0 Å². The van der Waals surface area contributed by atoms with Gasteiger partial charge in [0.25, 0.3) is 0 Å². The van der Waals surface area contributed by atoms with Gasteiger partial charge in [0.15, 0.2) is 0 Å². The molecule has 0 aromatic carbocycles. The van der Waals surface area contributed by atoms with E-state index in [4.69, 9.17) is 0 Å². The van der Waals surface area contributed by atoms with Crippen molar-refractivity contribution in [1.82, 2.24) is 4.90 Å². The fourth-order valence-corrected chi connectivity index (χ4v) is 3.18. The van der Waals surface area contributed by atoms with Gasteiger partial charge in [-0.05, 0) is 43.9 Å². The zero-order valence-corrected chi connectivity index (χ0v) is 7.51. The number of fused-ring (bicyclic) bond motifs is 3. The van der Waals surface area contributed by atoms with E-state index in [1.807, 2.05) is 0 Å². The van der Waals surface area contributed by atoms with Crippen LogP contribution in [-0.4, -0.2) is 24.0 Å². The normalized spacial score (nSPS) is 45.0. The van der Waals surface area contributed by atoms with Crippen LogP contribution in [0, 0.1) is 17.3 Å². The lowest BCUT2D eigenvalue weighted by Crippen LogP contribution is -2.31. The molecule has 0 amide bonds. The molecule has 2 atom stereocenters. The molecule has 1 aliphatic heterocycles. The summed E-state index contributed by atoms with van der Waals surface area (Å²) in [6.45, 7) is 7.49. The van der Waals surface area contributed by atoms with Crippen molar-refractivity contribution in [2.75, 3.05) is 13.1 Å². The van der Waals surface area contributed by atoms with Crippen molar-refractivity contribution in [3.63, 3.8) is 0 Å². The summed E-state index contributed by atoms with van der Waals surface area (Å²) >= 11 is 0. The molecular formula is C10H17N. The Morgan fingerprint density at radius 3 is 2.09 bits per heavy atom. The summed E-state index contributed by atoms with van der Waals surface area (Å²) in [5.41, 5.74) is 0.936. The predicted molar refractivity (Wildman–Crippen MR) is 45.4 cm³/mol. The molecule has 2 unspecified atom stereocenters. The third-order valence-corrected chi connectivity index (χ3v) is 4.27. The summed E-state index contributed by atoms with van der Waals surface area (Å²) < 4.78 is 0. The van der Waals surface area contributed by atoms with Crippen molar-refractivity contribution in [3.05, 3.63) is 0 Å². The number of hydrogen-bond donors (Lipinski definition) is 0. The topological polar surface area (TPSA) is 3.24 Å². The van der Waals surface area contributed by atoms with Gasteiger partial charge in [0.05, 0.1) is 0 Å². The van der Waals surface area contributed by atoms with Crippen molar-refractivity contribution in [2.24, 2.45) is 17.3 Å². The quantitative estimate of drug-likeness (QED) is 0.551. The van der Waals surface area contributed by atoms with Crippen LogP contribution in [0.4, 0.5) is 0 Å². The van der Waals surface area contributed by atoms with Crippen LogP contribution < -0.4 is 0 Å². The molecule has 0 aromatic rings. The largest absolute Gasteiger partial charge is 0.300 e. The van der Waals surface area contributed by atoms with E-state index in [1.54, 1.807) is 12.8 Å². The molecule has 2 saturated carbocycles. The summed E-state index contributed by atoms with van der Waals surface area (Å²) in [6.07, 6.45) is 3.13. The third-order valence-electron chi connectivity index (χ3n) is 4.27. The Labute approximate surface area is 68.8 Å². The molecule has 1 heterocycles. The molecule has 0 aromatic heterocycles. The SMILES string of the molecule is CC(C)N1CC2C(C1)C21CC1. The molecule has 1 spiro atoms. The molecule has 11 heavy (non-hydrogen) atoms. The molecule has 3 fully saturated rings. The maximum Gasteiger partial charge on any atom is 0.00388 e. The number of piperidine rings is 1. The van der Waals surface area contributed by atoms with E-state index >= 15 is 0 Å². The standard InChI is InChI=1S/C10H17N/c1-7(2)11-5-8-9(6-11)10(8)3-4-10/h7-9H,3-6H2,1-2H3. The smallest absolute Gasteiger partial charge is 0.00388 e. The highest BCUT2D eigenvalue weighted by molar-refractivity contribution is 5.23. The van der Waals surface area contributed by atoms with Gasteiger partial charge in [0, 0.05) is 19.1 Å². The van der Waals surface area contributed by atoms with E-state index in [0.717, 1.165) is 23.3 Å². The van der Waals surface area contributed by atoms with Gasteiger partial charge in [-0.15, -0.1) is 0 Å². The van der Waals surface area contributed by atoms with E-state index in [-0.39, 0.29) is 0 Å². The number of nitrogens with zero attached hydrogens (tertiary/aromatic N) is 1. The highest BCUT2D eigenvalue weighted by Crippen LogP contribution is 2.77. The van der Waals surface area contributed by atoms with Crippen molar-refractivity contribution in [3.8, 4) is 0 Å². The Kier molecular flexibility index (Phi) is 0.976. The van der Waals surface area contributed by atoms with Crippen LogP contribution in [-0.2, 0) is 0 Å². The lowest BCUT2D eigenvalue weighted by molar-refractivity contribution is 0.230. The first-order chi connectivity index (χ1) is 5.24. The number of hydrogen-bond acceptors (Lipinski definition) is 1. The average Bonchev–Trinajstić information content (AvgIpc) is 2.79. The first-order valence-electron chi connectivity index (χ1n) is 4.98. The van der Waals surface area contributed by atoms with Crippen LogP contribution in [0.2, 0.25) is 0 Å². The third kappa shape index (κ3) is 0.658. The second-order valence-corrected chi connectivity index (χ2v) is 4.99. The highest BCUT2D eigenvalue weighted by Gasteiger charge is 2.73. The molecule has 0 bridgehead atoms. The van der Waals surface area contributed by atoms with Crippen LogP contribution >= 0.6 is 0 Å². The average molecular weight is 151 g/mol. The van der Waals surface area contributed by atoms with Gasteiger partial charge >= 0.3 is 0 Å². The Hall–Kier alpha value is -0.0400. The van der Waals surface area contributed by atoms with E-state index < -0.39 is 0 Å². The first kappa shape index (κ1) is 6.47. The minimum absolute atomic E-state index is 0.790. The second-order valence-electron chi connectivity index (χ2n) is 4.99. The number of likely N-dealkylation sites (tertiary alicyclic amines) is 1. The number of rotatable bonds is 1. The maximum absolute atomic E-state index is 2.65. The molecular weight excluding hydrogens is 134 g/mol. The summed E-state index contributed by atoms with van der Waals surface area (Å²) in [5, 5.41) is 0. The fraction of sp³-hybridized carbons (Fsp3) is 1.00. The van der Waals surface area contributed by atoms with Crippen molar-refractivity contribution in [2.45, 2.75) is 32.7 Å². The van der Waals surface area contributed by atoms with Gasteiger partial charge < -0.3 is 4.90 Å². The zero-order chi connectivity index (χ0) is 7.64. The minimum atomic E-state index is 0.790. The van der Waals surface area contributed by atoms with Crippen LogP contribution in [0.1, 0.15) is 26.7 Å². The molecule has 1 heteroatoms. The molecule has 1 nitrogen and oxygen atoms in total. The van der Waals surface area contributed by atoms with Gasteiger partial charge in [0.1, 0.15) is 0 Å². The second kappa shape index (κ2) is 1.66. The van der Waals surface area contributed by atoms with Gasteiger partial charge in [-0.25, -0.2) is 0 Å². The van der Waals surface area contributed by atoms with E-state index in [2.05, 4.69) is 18.7 Å². The van der Waals surface area contributed by atoms with Crippen molar-refractivity contribution < 1.29 is 0 Å². The van der Waals surface area contributed by atoms with Gasteiger partial charge in [-0.2, -0.15) is 0 Å². The summed E-state index contributed by atoms with van der Waals surface area (Å²) in [4.78, 5) is 2.65. The van der Waals surface area contributed by atoms with Crippen LogP contribution in [0.15, 0.2) is 0 Å². The van der Waals surface area contributed by atoms with Gasteiger partial charge in [-0.1, -0.05) is 0 Å². The molecule has 2 aliphatic carbocycles. The summed E-state index contributed by atoms with van der Waals surface area (Å²) in [6, 6.07) is 0.790. The fourth-order valence-electron chi connectivity index (χ4n) is 3.18. The van der Waals surface area contributed by atoms with E-state index in [9.17, 15) is 0 Å². The lowest BCUT2D eigenvalue weighted by Gasteiger charge is -2.23. The zero-order valence-electron chi connectivity index (χ0n) is 7.51. The highest BCUT2D eigenvalue weighted by atomic mass is 15.2. The molecule has 0 N–H and O–H groups in total. The first-order valence-corrected chi connectivity index (χ1v) is 4.98. The van der Waals surface area contributed by atoms with Gasteiger partial charge in [-0.3, -0.25) is 0 Å². The summed E-state index contributed by atoms with van der Waals surface area (Å²) in [5.74, 6) is 2.26. The Morgan fingerprint density at radius 1 is 1.18 bits per heavy atom. The predicted octanol–water partition coefficient (Wildman–Crippen LogP) is 1.74. The van der Waals surface area contributed by atoms with E-state index in [1.165, 1.54) is 13.1 Å². The van der Waals surface area contributed by atoms with Crippen LogP contribution in [0.5, 0.6) is 0 Å². The van der Waals surface area contributed by atoms with Crippen LogP contribution in [0.3, 0.4) is 0 Å².